The van der Waals surface area contributed by atoms with Crippen molar-refractivity contribution < 1.29 is 4.79 Å². The van der Waals surface area contributed by atoms with Crippen LogP contribution in [0.5, 0.6) is 0 Å². The number of hydrogen-bond acceptors (Lipinski definition) is 3. The minimum atomic E-state index is 0. The molecule has 3 heterocycles. The highest BCUT2D eigenvalue weighted by Crippen LogP contribution is 2.24. The van der Waals surface area contributed by atoms with Gasteiger partial charge in [-0.15, -0.1) is 24.8 Å². The van der Waals surface area contributed by atoms with Gasteiger partial charge in [-0.3, -0.25) is 9.69 Å². The van der Waals surface area contributed by atoms with Gasteiger partial charge in [-0.25, -0.2) is 0 Å². The first-order valence-electron chi connectivity index (χ1n) is 8.58. The van der Waals surface area contributed by atoms with Crippen LogP contribution in [0, 0.1) is 5.92 Å². The predicted molar refractivity (Wildman–Crippen MR) is 95.1 cm³/mol. The van der Waals surface area contributed by atoms with E-state index in [2.05, 4.69) is 15.1 Å². The molecule has 3 aliphatic heterocycles. The zero-order chi connectivity index (χ0) is 13.8. The van der Waals surface area contributed by atoms with E-state index in [-0.39, 0.29) is 30.7 Å². The number of rotatable bonds is 2. The Kier molecular flexibility index (Phi) is 9.07. The molecule has 0 aliphatic carbocycles. The molecule has 0 aromatic heterocycles. The molecule has 1 atom stereocenters. The molecule has 1 amide bonds. The Balaban J connectivity index is 0.00000121. The normalized spacial score (nSPS) is 27.6. The van der Waals surface area contributed by atoms with E-state index in [0.29, 0.717) is 11.9 Å². The van der Waals surface area contributed by atoms with Crippen LogP contribution < -0.4 is 5.32 Å². The van der Waals surface area contributed by atoms with Crippen molar-refractivity contribution in [3.8, 4) is 0 Å². The van der Waals surface area contributed by atoms with E-state index in [4.69, 9.17) is 0 Å². The summed E-state index contributed by atoms with van der Waals surface area (Å²) in [4.78, 5) is 17.4. The van der Waals surface area contributed by atoms with Crippen molar-refractivity contribution in [3.63, 3.8) is 0 Å². The molecular formula is C16H31Cl2N3O. The van der Waals surface area contributed by atoms with Crippen LogP contribution in [0.3, 0.4) is 0 Å². The summed E-state index contributed by atoms with van der Waals surface area (Å²) in [6, 6.07) is 0.716. The van der Waals surface area contributed by atoms with Gasteiger partial charge in [0.25, 0.3) is 0 Å². The van der Waals surface area contributed by atoms with Crippen molar-refractivity contribution in [2.45, 2.75) is 51.0 Å². The maximum Gasteiger partial charge on any atom is 0.226 e. The van der Waals surface area contributed by atoms with Gasteiger partial charge < -0.3 is 10.2 Å². The van der Waals surface area contributed by atoms with E-state index in [0.717, 1.165) is 39.1 Å². The average Bonchev–Trinajstić information content (AvgIpc) is 2.56. The van der Waals surface area contributed by atoms with Gasteiger partial charge in [0.2, 0.25) is 5.91 Å². The molecule has 3 aliphatic rings. The minimum Gasteiger partial charge on any atom is -0.342 e. The lowest BCUT2D eigenvalue weighted by atomic mass is 9.92. The molecule has 0 spiro atoms. The molecule has 3 fully saturated rings. The molecule has 1 unspecified atom stereocenters. The highest BCUT2D eigenvalue weighted by atomic mass is 35.5. The first-order valence-corrected chi connectivity index (χ1v) is 8.58. The van der Waals surface area contributed by atoms with Gasteiger partial charge in [0.15, 0.2) is 0 Å². The lowest BCUT2D eigenvalue weighted by Crippen LogP contribution is -2.51. The number of amides is 1. The lowest BCUT2D eigenvalue weighted by Gasteiger charge is -2.41. The van der Waals surface area contributed by atoms with Gasteiger partial charge in [-0.2, -0.15) is 0 Å². The zero-order valence-corrected chi connectivity index (χ0v) is 15.1. The fourth-order valence-corrected chi connectivity index (χ4v) is 4.08. The van der Waals surface area contributed by atoms with E-state index in [1.807, 2.05) is 0 Å². The van der Waals surface area contributed by atoms with E-state index >= 15 is 0 Å². The van der Waals surface area contributed by atoms with Crippen molar-refractivity contribution in [2.75, 3.05) is 39.3 Å². The SMILES string of the molecule is Cl.Cl.O=C(C1CCCN(C2CCNCC2)C1)N1CCCCC1. The van der Waals surface area contributed by atoms with Crippen molar-refractivity contribution in [1.82, 2.24) is 15.1 Å². The van der Waals surface area contributed by atoms with Crippen LogP contribution in [0.25, 0.3) is 0 Å². The molecule has 4 nitrogen and oxygen atoms in total. The first-order chi connectivity index (χ1) is 9.84. The summed E-state index contributed by atoms with van der Waals surface area (Å²) in [5, 5.41) is 3.44. The average molecular weight is 352 g/mol. The van der Waals surface area contributed by atoms with Crippen LogP contribution in [0.1, 0.15) is 44.9 Å². The second-order valence-corrected chi connectivity index (χ2v) is 6.70. The smallest absolute Gasteiger partial charge is 0.226 e. The van der Waals surface area contributed by atoms with Gasteiger partial charge in [-0.05, 0) is 64.6 Å². The van der Waals surface area contributed by atoms with Crippen LogP contribution in [0.4, 0.5) is 0 Å². The Hall–Kier alpha value is -0.0300. The van der Waals surface area contributed by atoms with E-state index in [1.54, 1.807) is 0 Å². The third-order valence-corrected chi connectivity index (χ3v) is 5.29. The lowest BCUT2D eigenvalue weighted by molar-refractivity contribution is -0.138. The molecule has 0 aromatic carbocycles. The Morgan fingerprint density at radius 1 is 0.864 bits per heavy atom. The second kappa shape index (κ2) is 9.96. The molecular weight excluding hydrogens is 321 g/mol. The molecule has 6 heteroatoms. The summed E-state index contributed by atoms with van der Waals surface area (Å²) < 4.78 is 0. The Labute approximate surface area is 147 Å². The van der Waals surface area contributed by atoms with Gasteiger partial charge in [0.1, 0.15) is 0 Å². The number of nitrogens with zero attached hydrogens (tertiary/aromatic N) is 2. The highest BCUT2D eigenvalue weighted by molar-refractivity contribution is 5.85. The summed E-state index contributed by atoms with van der Waals surface area (Å²) >= 11 is 0. The monoisotopic (exact) mass is 351 g/mol. The van der Waals surface area contributed by atoms with Crippen molar-refractivity contribution in [1.29, 1.82) is 0 Å². The molecule has 3 rings (SSSR count). The number of hydrogen-bond donors (Lipinski definition) is 1. The predicted octanol–water partition coefficient (Wildman–Crippen LogP) is 2.31. The standard InChI is InChI=1S/C16H29N3O.2ClH/c20-16(18-10-2-1-3-11-18)14-5-4-12-19(13-14)15-6-8-17-9-7-15;;/h14-15,17H,1-13H2;2*1H. The molecule has 0 saturated carbocycles. The van der Waals surface area contributed by atoms with Crippen molar-refractivity contribution in [3.05, 3.63) is 0 Å². The number of halogens is 2. The van der Waals surface area contributed by atoms with Gasteiger partial charge in [0, 0.05) is 25.7 Å². The van der Waals surface area contributed by atoms with Crippen LogP contribution in [-0.2, 0) is 4.79 Å². The Morgan fingerprint density at radius 2 is 1.55 bits per heavy atom. The Bertz CT molecular complexity index is 331. The zero-order valence-electron chi connectivity index (χ0n) is 13.5. The van der Waals surface area contributed by atoms with Crippen LogP contribution in [0.15, 0.2) is 0 Å². The molecule has 0 aromatic rings. The number of carbonyl (C=O) groups is 1. The maximum absolute atomic E-state index is 12.7. The number of likely N-dealkylation sites (tertiary alicyclic amines) is 2. The fourth-order valence-electron chi connectivity index (χ4n) is 4.08. The second-order valence-electron chi connectivity index (χ2n) is 6.70. The van der Waals surface area contributed by atoms with Gasteiger partial charge >= 0.3 is 0 Å². The molecule has 0 radical (unpaired) electrons. The summed E-state index contributed by atoms with van der Waals surface area (Å²) in [6.07, 6.45) is 8.53. The number of nitrogens with one attached hydrogen (secondary N) is 1. The molecule has 130 valence electrons. The number of carbonyl (C=O) groups excluding carboxylic acids is 1. The molecule has 3 saturated heterocycles. The van der Waals surface area contributed by atoms with Gasteiger partial charge in [0.05, 0.1) is 5.92 Å². The minimum absolute atomic E-state index is 0. The number of piperidine rings is 3. The first kappa shape index (κ1) is 20.0. The van der Waals surface area contributed by atoms with E-state index in [9.17, 15) is 4.79 Å². The van der Waals surface area contributed by atoms with Crippen LogP contribution >= 0.6 is 24.8 Å². The third kappa shape index (κ3) is 4.98. The summed E-state index contributed by atoms with van der Waals surface area (Å²) in [5.74, 6) is 0.722. The highest BCUT2D eigenvalue weighted by Gasteiger charge is 2.32. The summed E-state index contributed by atoms with van der Waals surface area (Å²) in [5.41, 5.74) is 0. The van der Waals surface area contributed by atoms with Crippen molar-refractivity contribution >= 4 is 30.7 Å². The third-order valence-electron chi connectivity index (χ3n) is 5.29. The van der Waals surface area contributed by atoms with Gasteiger partial charge in [-0.1, -0.05) is 0 Å². The summed E-state index contributed by atoms with van der Waals surface area (Å²) in [7, 11) is 0. The quantitative estimate of drug-likeness (QED) is 0.828. The van der Waals surface area contributed by atoms with Crippen LogP contribution in [0.2, 0.25) is 0 Å². The molecule has 0 bridgehead atoms. The fraction of sp³-hybridized carbons (Fsp3) is 0.938. The maximum atomic E-state index is 12.7. The Morgan fingerprint density at radius 3 is 2.23 bits per heavy atom. The molecule has 22 heavy (non-hydrogen) atoms. The largest absolute Gasteiger partial charge is 0.342 e. The summed E-state index contributed by atoms with van der Waals surface area (Å²) in [6.45, 7) is 6.51. The van der Waals surface area contributed by atoms with Crippen LogP contribution in [-0.4, -0.2) is 61.0 Å². The van der Waals surface area contributed by atoms with Crippen molar-refractivity contribution in [2.24, 2.45) is 5.92 Å². The molecule has 1 N–H and O–H groups in total. The van der Waals surface area contributed by atoms with E-state index < -0.39 is 0 Å². The van der Waals surface area contributed by atoms with E-state index in [1.165, 1.54) is 45.1 Å². The topological polar surface area (TPSA) is 35.6 Å².